The van der Waals surface area contributed by atoms with Crippen molar-refractivity contribution in [3.63, 3.8) is 0 Å². The fourth-order valence-electron chi connectivity index (χ4n) is 2.88. The maximum atomic E-state index is 6.05. The van der Waals surface area contributed by atoms with E-state index in [9.17, 15) is 0 Å². The van der Waals surface area contributed by atoms with Crippen LogP contribution in [0.4, 0.5) is 5.69 Å². The normalized spacial score (nSPS) is 21.6. The van der Waals surface area contributed by atoms with E-state index >= 15 is 0 Å². The quantitative estimate of drug-likeness (QED) is 0.884. The molecule has 0 aliphatic carbocycles. The number of nitrogens with zero attached hydrogens (tertiary/aromatic N) is 2. The average Bonchev–Trinajstić information content (AvgIpc) is 2.83. The largest absolute Gasteiger partial charge is 0.374 e. The Balaban J connectivity index is 1.93. The van der Waals surface area contributed by atoms with Gasteiger partial charge in [0.05, 0.1) is 0 Å². The van der Waals surface area contributed by atoms with Gasteiger partial charge in [-0.3, -0.25) is 0 Å². The number of benzene rings is 1. The lowest BCUT2D eigenvalue weighted by Gasteiger charge is -2.23. The number of hydrogen-bond acceptors (Lipinski definition) is 3. The summed E-state index contributed by atoms with van der Waals surface area (Å²) >= 11 is 0. The molecule has 1 aliphatic rings. The van der Waals surface area contributed by atoms with Crippen molar-refractivity contribution in [3.05, 3.63) is 29.8 Å². The Morgan fingerprint density at radius 3 is 2.58 bits per heavy atom. The molecule has 2 N–H and O–H groups in total. The van der Waals surface area contributed by atoms with Crippen LogP contribution < -0.4 is 10.6 Å². The minimum Gasteiger partial charge on any atom is -0.374 e. The summed E-state index contributed by atoms with van der Waals surface area (Å²) in [4.78, 5) is 4.78. The molecular weight excluding hydrogens is 234 g/mol. The molecule has 106 valence electrons. The molecule has 2 rings (SSSR count). The van der Waals surface area contributed by atoms with E-state index in [1.807, 2.05) is 0 Å². The molecule has 1 heterocycles. The Morgan fingerprint density at radius 1 is 1.37 bits per heavy atom. The summed E-state index contributed by atoms with van der Waals surface area (Å²) in [7, 11) is 4.40. The van der Waals surface area contributed by atoms with Gasteiger partial charge in [0.1, 0.15) is 0 Å². The molecule has 0 saturated carbocycles. The molecule has 0 spiro atoms. The first-order valence-corrected chi connectivity index (χ1v) is 7.35. The van der Waals surface area contributed by atoms with Crippen molar-refractivity contribution < 1.29 is 0 Å². The van der Waals surface area contributed by atoms with Gasteiger partial charge in [0, 0.05) is 31.9 Å². The molecule has 1 fully saturated rings. The first-order chi connectivity index (χ1) is 9.10. The number of likely N-dealkylation sites (tertiary alicyclic amines) is 1. The minimum atomic E-state index is 0.169. The maximum Gasteiger partial charge on any atom is 0.0363 e. The molecule has 0 amide bonds. The highest BCUT2D eigenvalue weighted by atomic mass is 15.1. The van der Waals surface area contributed by atoms with Crippen molar-refractivity contribution in [2.45, 2.75) is 25.8 Å². The van der Waals surface area contributed by atoms with Crippen molar-refractivity contribution >= 4 is 5.69 Å². The first kappa shape index (κ1) is 14.4. The van der Waals surface area contributed by atoms with Crippen molar-refractivity contribution in [2.75, 3.05) is 38.6 Å². The zero-order valence-electron chi connectivity index (χ0n) is 12.5. The fraction of sp³-hybridized carbons (Fsp3) is 0.625. The molecule has 0 radical (unpaired) electrons. The molecule has 0 aromatic heterocycles. The topological polar surface area (TPSA) is 32.5 Å². The van der Waals surface area contributed by atoms with Crippen LogP contribution in [-0.2, 0) is 0 Å². The lowest BCUT2D eigenvalue weighted by molar-refractivity contribution is 0.396. The molecule has 1 aliphatic heterocycles. The van der Waals surface area contributed by atoms with Crippen LogP contribution in [0.2, 0.25) is 0 Å². The third-order valence-corrected chi connectivity index (χ3v) is 4.22. The molecule has 1 aromatic carbocycles. The van der Waals surface area contributed by atoms with Crippen LogP contribution in [0.1, 0.15) is 31.4 Å². The number of hydrogen-bond donors (Lipinski definition) is 1. The predicted molar refractivity (Wildman–Crippen MR) is 82.5 cm³/mol. The third kappa shape index (κ3) is 3.71. The third-order valence-electron chi connectivity index (χ3n) is 4.22. The van der Waals surface area contributed by atoms with Crippen molar-refractivity contribution in [3.8, 4) is 0 Å². The highest BCUT2D eigenvalue weighted by Crippen LogP contribution is 2.22. The average molecular weight is 261 g/mol. The van der Waals surface area contributed by atoms with E-state index in [2.05, 4.69) is 55.1 Å². The number of anilines is 1. The minimum absolute atomic E-state index is 0.169. The van der Waals surface area contributed by atoms with E-state index < -0.39 is 0 Å². The van der Waals surface area contributed by atoms with Gasteiger partial charge in [-0.15, -0.1) is 0 Å². The summed E-state index contributed by atoms with van der Waals surface area (Å²) < 4.78 is 0. The monoisotopic (exact) mass is 261 g/mol. The zero-order chi connectivity index (χ0) is 13.8. The second-order valence-electron chi connectivity index (χ2n) is 5.90. The van der Waals surface area contributed by atoms with E-state index in [0.717, 1.165) is 18.9 Å². The van der Waals surface area contributed by atoms with Gasteiger partial charge < -0.3 is 15.5 Å². The molecule has 1 unspecified atom stereocenters. The SMILES string of the molecule is CC[C@H](N)c1ccc(N(C)CC2CCN(C)C2)cc1. The molecule has 3 nitrogen and oxygen atoms in total. The summed E-state index contributed by atoms with van der Waals surface area (Å²) in [6.45, 7) is 5.73. The van der Waals surface area contributed by atoms with Crippen LogP contribution in [0.5, 0.6) is 0 Å². The molecule has 1 aromatic rings. The van der Waals surface area contributed by atoms with Crippen LogP contribution >= 0.6 is 0 Å². The standard InChI is InChI=1S/C16H27N3/c1-4-16(17)14-5-7-15(8-6-14)19(3)12-13-9-10-18(2)11-13/h5-8,13,16H,4,9-12,17H2,1-3H3/t13?,16-/m0/s1. The van der Waals surface area contributed by atoms with Crippen molar-refractivity contribution in [1.29, 1.82) is 0 Å². The number of rotatable bonds is 5. The Labute approximate surface area is 117 Å². The van der Waals surface area contributed by atoms with Crippen molar-refractivity contribution in [2.24, 2.45) is 11.7 Å². The van der Waals surface area contributed by atoms with E-state index in [-0.39, 0.29) is 6.04 Å². The Hall–Kier alpha value is -1.06. The number of nitrogens with two attached hydrogens (primary N) is 1. The van der Waals surface area contributed by atoms with Crippen LogP contribution in [0, 0.1) is 5.92 Å². The summed E-state index contributed by atoms with van der Waals surface area (Å²) in [5, 5.41) is 0. The molecule has 1 saturated heterocycles. The van der Waals surface area contributed by atoms with Gasteiger partial charge in [-0.05, 0) is 50.0 Å². The molecule has 3 heteroatoms. The first-order valence-electron chi connectivity index (χ1n) is 7.35. The van der Waals surface area contributed by atoms with E-state index in [0.29, 0.717) is 0 Å². The van der Waals surface area contributed by atoms with Gasteiger partial charge in [0.2, 0.25) is 0 Å². The van der Waals surface area contributed by atoms with Gasteiger partial charge >= 0.3 is 0 Å². The Bertz CT molecular complexity index is 387. The lowest BCUT2D eigenvalue weighted by Crippen LogP contribution is -2.27. The predicted octanol–water partition coefficient (Wildman–Crippen LogP) is 2.48. The summed E-state index contributed by atoms with van der Waals surface area (Å²) in [5.41, 5.74) is 8.58. The smallest absolute Gasteiger partial charge is 0.0363 e. The summed E-state index contributed by atoms with van der Waals surface area (Å²) in [6.07, 6.45) is 2.31. The molecular formula is C16H27N3. The highest BCUT2D eigenvalue weighted by molar-refractivity contribution is 5.47. The molecule has 2 atom stereocenters. The van der Waals surface area contributed by atoms with Gasteiger partial charge in [-0.25, -0.2) is 0 Å². The molecule has 0 bridgehead atoms. The summed E-state index contributed by atoms with van der Waals surface area (Å²) in [5.74, 6) is 0.799. The zero-order valence-corrected chi connectivity index (χ0v) is 12.5. The van der Waals surface area contributed by atoms with Crippen LogP contribution in [0.25, 0.3) is 0 Å². The molecule has 19 heavy (non-hydrogen) atoms. The van der Waals surface area contributed by atoms with Crippen molar-refractivity contribution in [1.82, 2.24) is 4.90 Å². The van der Waals surface area contributed by atoms with Gasteiger partial charge in [0.15, 0.2) is 0 Å². The second kappa shape index (κ2) is 6.40. The van der Waals surface area contributed by atoms with Gasteiger partial charge in [-0.2, -0.15) is 0 Å². The van der Waals surface area contributed by atoms with Gasteiger partial charge in [0.25, 0.3) is 0 Å². The highest BCUT2D eigenvalue weighted by Gasteiger charge is 2.20. The second-order valence-corrected chi connectivity index (χ2v) is 5.90. The van der Waals surface area contributed by atoms with Crippen LogP contribution in [0.3, 0.4) is 0 Å². The fourth-order valence-corrected chi connectivity index (χ4v) is 2.88. The lowest BCUT2D eigenvalue weighted by atomic mass is 10.0. The van der Waals surface area contributed by atoms with E-state index in [1.54, 1.807) is 0 Å². The Morgan fingerprint density at radius 2 is 2.05 bits per heavy atom. The maximum absolute atomic E-state index is 6.05. The van der Waals surface area contributed by atoms with E-state index in [1.165, 1.54) is 30.8 Å². The van der Waals surface area contributed by atoms with Crippen LogP contribution in [-0.4, -0.2) is 38.6 Å². The van der Waals surface area contributed by atoms with Gasteiger partial charge in [-0.1, -0.05) is 19.1 Å². The summed E-state index contributed by atoms with van der Waals surface area (Å²) in [6, 6.07) is 8.90. The van der Waals surface area contributed by atoms with E-state index in [4.69, 9.17) is 5.73 Å². The van der Waals surface area contributed by atoms with Crippen LogP contribution in [0.15, 0.2) is 24.3 Å². The Kier molecular flexibility index (Phi) is 4.83.